The number of nitrogens with one attached hydrogen (secondary N) is 1. The number of pyridine rings is 1. The number of amides is 2. The maximum atomic E-state index is 12.8. The van der Waals surface area contributed by atoms with E-state index in [9.17, 15) is 14.0 Å². The molecule has 1 saturated heterocycles. The number of amidine groups is 1. The van der Waals surface area contributed by atoms with Crippen molar-refractivity contribution in [3.05, 3.63) is 70.6 Å². The molecule has 2 aromatic rings. The van der Waals surface area contributed by atoms with Crippen molar-refractivity contribution < 1.29 is 14.0 Å². The van der Waals surface area contributed by atoms with Crippen LogP contribution in [-0.4, -0.2) is 22.0 Å². The highest BCUT2D eigenvalue weighted by atomic mass is 32.2. The molecule has 1 aliphatic rings. The molecule has 0 radical (unpaired) electrons. The number of halogens is 1. The summed E-state index contributed by atoms with van der Waals surface area (Å²) in [5, 5.41) is 2.71. The Hall–Kier alpha value is -2.80. The molecule has 2 amide bonds. The standard InChI is InChI=1S/C16H10FN3O2S/c17-11-6-4-10(5-7-11)14(21)19-16-20-15(22)13(23-16)9-12-3-1-2-8-18-12/h1-9H,(H,19,20,21,22)/b13-9-. The van der Waals surface area contributed by atoms with Crippen LogP contribution in [0, 0.1) is 5.82 Å². The third-order valence-corrected chi connectivity index (χ3v) is 3.82. The van der Waals surface area contributed by atoms with E-state index in [-0.39, 0.29) is 16.6 Å². The van der Waals surface area contributed by atoms with Crippen LogP contribution in [0.3, 0.4) is 0 Å². The van der Waals surface area contributed by atoms with Crippen LogP contribution in [0.4, 0.5) is 4.39 Å². The highest BCUT2D eigenvalue weighted by Crippen LogP contribution is 2.25. The van der Waals surface area contributed by atoms with Crippen molar-refractivity contribution in [3.63, 3.8) is 0 Å². The van der Waals surface area contributed by atoms with Crippen molar-refractivity contribution in [2.75, 3.05) is 0 Å². The summed E-state index contributed by atoms with van der Waals surface area (Å²) in [4.78, 5) is 32.2. The van der Waals surface area contributed by atoms with Gasteiger partial charge in [0.05, 0.1) is 10.6 Å². The molecule has 0 aliphatic carbocycles. The minimum absolute atomic E-state index is 0.187. The Morgan fingerprint density at radius 1 is 1.22 bits per heavy atom. The number of aliphatic imine (C=N–C) groups is 1. The van der Waals surface area contributed by atoms with E-state index in [0.29, 0.717) is 10.6 Å². The first-order valence-corrected chi connectivity index (χ1v) is 7.44. The van der Waals surface area contributed by atoms with Gasteiger partial charge in [0.15, 0.2) is 5.17 Å². The number of rotatable bonds is 2. The summed E-state index contributed by atoms with van der Waals surface area (Å²) in [5.41, 5.74) is 0.882. The monoisotopic (exact) mass is 327 g/mol. The second-order valence-electron chi connectivity index (χ2n) is 4.55. The number of benzene rings is 1. The Morgan fingerprint density at radius 3 is 2.70 bits per heavy atom. The van der Waals surface area contributed by atoms with Gasteiger partial charge in [0.25, 0.3) is 11.8 Å². The zero-order valence-electron chi connectivity index (χ0n) is 11.7. The zero-order chi connectivity index (χ0) is 16.2. The Kier molecular flexibility index (Phi) is 4.29. The van der Waals surface area contributed by atoms with E-state index in [2.05, 4.69) is 15.3 Å². The van der Waals surface area contributed by atoms with Crippen LogP contribution in [-0.2, 0) is 4.79 Å². The summed E-state index contributed by atoms with van der Waals surface area (Å²) in [6.07, 6.45) is 3.24. The largest absolute Gasteiger partial charge is 0.300 e. The highest BCUT2D eigenvalue weighted by Gasteiger charge is 2.24. The fourth-order valence-corrected chi connectivity index (χ4v) is 2.63. The van der Waals surface area contributed by atoms with Gasteiger partial charge in [0.2, 0.25) is 0 Å². The molecule has 3 rings (SSSR count). The third kappa shape index (κ3) is 3.70. The van der Waals surface area contributed by atoms with E-state index in [1.807, 2.05) is 6.07 Å². The minimum Gasteiger partial charge on any atom is -0.300 e. The molecular formula is C16H10FN3O2S. The normalized spacial score (nSPS) is 17.5. The number of carbonyl (C=O) groups is 2. The number of carbonyl (C=O) groups excluding carboxylic acids is 2. The third-order valence-electron chi connectivity index (χ3n) is 2.91. The molecule has 1 N–H and O–H groups in total. The molecule has 0 bridgehead atoms. The van der Waals surface area contributed by atoms with Gasteiger partial charge < -0.3 is 5.32 Å². The van der Waals surface area contributed by atoms with Crippen LogP contribution in [0.1, 0.15) is 16.1 Å². The Balaban J connectivity index is 1.78. The first-order valence-electron chi connectivity index (χ1n) is 6.62. The lowest BCUT2D eigenvalue weighted by Gasteiger charge is -1.96. The molecule has 0 spiro atoms. The Bertz CT molecular complexity index is 817. The molecule has 1 fully saturated rings. The van der Waals surface area contributed by atoms with Crippen LogP contribution in [0.25, 0.3) is 6.08 Å². The van der Waals surface area contributed by atoms with Crippen LogP contribution < -0.4 is 5.32 Å². The Labute approximate surface area is 135 Å². The van der Waals surface area contributed by atoms with Crippen molar-refractivity contribution in [3.8, 4) is 0 Å². The van der Waals surface area contributed by atoms with Crippen molar-refractivity contribution in [1.29, 1.82) is 0 Å². The lowest BCUT2D eigenvalue weighted by molar-refractivity contribution is -0.115. The van der Waals surface area contributed by atoms with Gasteiger partial charge in [-0.05, 0) is 54.2 Å². The predicted molar refractivity (Wildman–Crippen MR) is 86.1 cm³/mol. The summed E-state index contributed by atoms with van der Waals surface area (Å²) in [5.74, 6) is -1.32. The number of hydrogen-bond acceptors (Lipinski definition) is 4. The van der Waals surface area contributed by atoms with Gasteiger partial charge in [-0.15, -0.1) is 0 Å². The van der Waals surface area contributed by atoms with Crippen molar-refractivity contribution in [2.45, 2.75) is 0 Å². The molecule has 114 valence electrons. The SMILES string of the molecule is O=C1NC(=NC(=O)c2ccc(F)cc2)S/C1=C\c1ccccn1. The van der Waals surface area contributed by atoms with Gasteiger partial charge in [0.1, 0.15) is 5.82 Å². The summed E-state index contributed by atoms with van der Waals surface area (Å²) < 4.78 is 12.8. The topological polar surface area (TPSA) is 71.4 Å². The van der Waals surface area contributed by atoms with Crippen molar-refractivity contribution in [1.82, 2.24) is 10.3 Å². The van der Waals surface area contributed by atoms with E-state index < -0.39 is 11.7 Å². The molecule has 1 aliphatic heterocycles. The second kappa shape index (κ2) is 6.53. The molecule has 23 heavy (non-hydrogen) atoms. The van der Waals surface area contributed by atoms with Gasteiger partial charge >= 0.3 is 0 Å². The molecule has 5 nitrogen and oxygen atoms in total. The molecule has 0 unspecified atom stereocenters. The number of thioether (sulfide) groups is 1. The summed E-state index contributed by atoms with van der Waals surface area (Å²) in [6.45, 7) is 0. The average molecular weight is 327 g/mol. The smallest absolute Gasteiger partial charge is 0.279 e. The van der Waals surface area contributed by atoms with Crippen molar-refractivity contribution >= 4 is 34.8 Å². The van der Waals surface area contributed by atoms with Crippen LogP contribution in [0.15, 0.2) is 58.6 Å². The lowest BCUT2D eigenvalue weighted by Crippen LogP contribution is -2.20. The molecule has 2 heterocycles. The molecule has 1 aromatic heterocycles. The second-order valence-corrected chi connectivity index (χ2v) is 5.58. The predicted octanol–water partition coefficient (Wildman–Crippen LogP) is 2.62. The highest BCUT2D eigenvalue weighted by molar-refractivity contribution is 8.18. The van der Waals surface area contributed by atoms with Crippen LogP contribution in [0.2, 0.25) is 0 Å². The molecule has 0 atom stereocenters. The average Bonchev–Trinajstić information content (AvgIpc) is 2.88. The zero-order valence-corrected chi connectivity index (χ0v) is 12.5. The lowest BCUT2D eigenvalue weighted by atomic mass is 10.2. The number of nitrogens with zero attached hydrogens (tertiary/aromatic N) is 2. The van der Waals surface area contributed by atoms with Gasteiger partial charge in [-0.3, -0.25) is 14.6 Å². The number of hydrogen-bond donors (Lipinski definition) is 1. The van der Waals surface area contributed by atoms with Crippen molar-refractivity contribution in [2.24, 2.45) is 4.99 Å². The summed E-state index contributed by atoms with van der Waals surface area (Å²) in [6, 6.07) is 10.4. The van der Waals surface area contributed by atoms with Gasteiger partial charge in [-0.2, -0.15) is 4.99 Å². The van der Waals surface area contributed by atoms with E-state index in [1.54, 1.807) is 24.4 Å². The fourth-order valence-electron chi connectivity index (χ4n) is 1.83. The fraction of sp³-hybridized carbons (Fsp3) is 0. The molecule has 0 saturated carbocycles. The van der Waals surface area contributed by atoms with E-state index in [4.69, 9.17) is 0 Å². The molecule has 1 aromatic carbocycles. The van der Waals surface area contributed by atoms with Gasteiger partial charge in [0, 0.05) is 11.8 Å². The first kappa shape index (κ1) is 15.1. The maximum absolute atomic E-state index is 12.8. The van der Waals surface area contributed by atoms with Crippen LogP contribution in [0.5, 0.6) is 0 Å². The minimum atomic E-state index is -0.549. The van der Waals surface area contributed by atoms with Gasteiger partial charge in [-0.25, -0.2) is 4.39 Å². The van der Waals surface area contributed by atoms with E-state index in [1.165, 1.54) is 24.3 Å². The van der Waals surface area contributed by atoms with E-state index in [0.717, 1.165) is 11.8 Å². The summed E-state index contributed by atoms with van der Waals surface area (Å²) >= 11 is 1.06. The first-order chi connectivity index (χ1) is 11.1. The number of aromatic nitrogens is 1. The molecular weight excluding hydrogens is 317 g/mol. The molecule has 7 heteroatoms. The quantitative estimate of drug-likeness (QED) is 0.861. The maximum Gasteiger partial charge on any atom is 0.279 e. The van der Waals surface area contributed by atoms with Crippen LogP contribution >= 0.6 is 11.8 Å². The van der Waals surface area contributed by atoms with Gasteiger partial charge in [-0.1, -0.05) is 6.07 Å². The summed E-state index contributed by atoms with van der Waals surface area (Å²) in [7, 11) is 0. The van der Waals surface area contributed by atoms with E-state index >= 15 is 0 Å². The Morgan fingerprint density at radius 2 is 2.00 bits per heavy atom.